The molecular weight excluding hydrogens is 254 g/mol. The first-order valence-electron chi connectivity index (χ1n) is 4.98. The van der Waals surface area contributed by atoms with Crippen molar-refractivity contribution in [1.82, 2.24) is 0 Å². The molecule has 3 N–H and O–H groups in total. The summed E-state index contributed by atoms with van der Waals surface area (Å²) in [6.07, 6.45) is 0. The molecule has 0 spiro atoms. The van der Waals surface area contributed by atoms with Gasteiger partial charge in [0.2, 0.25) is 11.5 Å². The van der Waals surface area contributed by atoms with E-state index in [4.69, 9.17) is 19.8 Å². The van der Waals surface area contributed by atoms with E-state index in [0.29, 0.717) is 0 Å². The number of hydrogen-bond acceptors (Lipinski definition) is 6. The van der Waals surface area contributed by atoms with Crippen LogP contribution in [0.1, 0.15) is 5.56 Å². The Morgan fingerprint density at radius 3 is 2.00 bits per heavy atom. The molecule has 1 aromatic rings. The Morgan fingerprint density at radius 1 is 1.21 bits per heavy atom. The van der Waals surface area contributed by atoms with Crippen LogP contribution >= 0.6 is 0 Å². The minimum Gasteiger partial charge on any atom is -0.502 e. The summed E-state index contributed by atoms with van der Waals surface area (Å²) in [7, 11) is 2.57. The van der Waals surface area contributed by atoms with Gasteiger partial charge in [-0.1, -0.05) is 0 Å². The van der Waals surface area contributed by atoms with Crippen molar-refractivity contribution in [2.24, 2.45) is 0 Å². The second kappa shape index (κ2) is 5.64. The number of nitriles is 1. The number of allylic oxidation sites excluding steroid dienone is 1. The summed E-state index contributed by atoms with van der Waals surface area (Å²) in [6.45, 7) is 0. The quantitative estimate of drug-likeness (QED) is 0.426. The highest BCUT2D eigenvalue weighted by atomic mass is 16.5. The van der Waals surface area contributed by atoms with E-state index in [1.807, 2.05) is 0 Å². The highest BCUT2D eigenvalue weighted by Gasteiger charge is 2.19. The summed E-state index contributed by atoms with van der Waals surface area (Å²) in [5.41, 5.74) is -0.419. The number of carboxylic acids is 1. The third kappa shape index (κ3) is 2.69. The van der Waals surface area contributed by atoms with Crippen molar-refractivity contribution in [2.75, 3.05) is 14.2 Å². The monoisotopic (exact) mass is 265 g/mol. The van der Waals surface area contributed by atoms with E-state index in [0.717, 1.165) is 0 Å². The Hall–Kier alpha value is -2.88. The van der Waals surface area contributed by atoms with Gasteiger partial charge in [0.15, 0.2) is 11.5 Å². The normalized spacial score (nSPS) is 11.2. The maximum Gasteiger partial charge on any atom is 0.372 e. The molecule has 19 heavy (non-hydrogen) atoms. The topological polar surface area (TPSA) is 120 Å². The fraction of sp³-hybridized carbons (Fsp3) is 0.167. The molecule has 1 aromatic carbocycles. The zero-order valence-corrected chi connectivity index (χ0v) is 10.2. The molecule has 0 fully saturated rings. The summed E-state index contributed by atoms with van der Waals surface area (Å²) in [5.74, 6) is -3.05. The average Bonchev–Trinajstić information content (AvgIpc) is 2.40. The largest absolute Gasteiger partial charge is 0.502 e. The number of carbonyl (C=O) groups is 1. The van der Waals surface area contributed by atoms with Crippen molar-refractivity contribution in [3.05, 3.63) is 23.5 Å². The molecule has 0 aliphatic rings. The lowest BCUT2D eigenvalue weighted by molar-refractivity contribution is -0.135. The molecule has 100 valence electrons. The van der Waals surface area contributed by atoms with Crippen molar-refractivity contribution in [3.8, 4) is 23.3 Å². The highest BCUT2D eigenvalue weighted by molar-refractivity contribution is 5.98. The minimum absolute atomic E-state index is 0.0136. The first kappa shape index (κ1) is 14.2. The SMILES string of the molecule is COc1cc(C(C#N)=C(O)C(=O)O)cc(OC)c1O. The highest BCUT2D eigenvalue weighted by Crippen LogP contribution is 2.39. The number of aliphatic hydroxyl groups excluding tert-OH is 1. The maximum absolute atomic E-state index is 10.7. The van der Waals surface area contributed by atoms with Crippen LogP contribution in [-0.4, -0.2) is 35.5 Å². The number of aliphatic hydroxyl groups is 1. The second-order valence-electron chi connectivity index (χ2n) is 3.37. The Bertz CT molecular complexity index is 559. The zero-order valence-electron chi connectivity index (χ0n) is 10.2. The van der Waals surface area contributed by atoms with E-state index < -0.39 is 17.3 Å². The predicted octanol–water partition coefficient (Wildman–Crippen LogP) is 1.29. The average molecular weight is 265 g/mol. The van der Waals surface area contributed by atoms with Crippen LogP contribution in [0, 0.1) is 11.3 Å². The van der Waals surface area contributed by atoms with Gasteiger partial charge >= 0.3 is 5.97 Å². The van der Waals surface area contributed by atoms with Crippen LogP contribution in [0.3, 0.4) is 0 Å². The number of hydrogen-bond donors (Lipinski definition) is 3. The first-order valence-corrected chi connectivity index (χ1v) is 4.98. The molecule has 0 aliphatic carbocycles. The van der Waals surface area contributed by atoms with Crippen LogP contribution in [0.4, 0.5) is 0 Å². The van der Waals surface area contributed by atoms with Crippen molar-refractivity contribution in [1.29, 1.82) is 5.26 Å². The van der Waals surface area contributed by atoms with Gasteiger partial charge in [0.1, 0.15) is 11.6 Å². The Balaban J connectivity index is 3.56. The van der Waals surface area contributed by atoms with E-state index in [1.54, 1.807) is 6.07 Å². The van der Waals surface area contributed by atoms with Gasteiger partial charge in [-0.15, -0.1) is 0 Å². The van der Waals surface area contributed by atoms with E-state index in [1.165, 1.54) is 26.4 Å². The molecule has 1 rings (SSSR count). The summed E-state index contributed by atoms with van der Waals surface area (Å²) in [4.78, 5) is 10.7. The molecule has 7 nitrogen and oxygen atoms in total. The lowest BCUT2D eigenvalue weighted by atomic mass is 10.0. The Labute approximate surface area is 108 Å². The number of ether oxygens (including phenoxy) is 2. The Morgan fingerprint density at radius 2 is 1.68 bits per heavy atom. The van der Waals surface area contributed by atoms with Gasteiger partial charge < -0.3 is 24.8 Å². The number of benzene rings is 1. The molecule has 0 amide bonds. The summed E-state index contributed by atoms with van der Waals surface area (Å²) >= 11 is 0. The molecule has 0 atom stereocenters. The lowest BCUT2D eigenvalue weighted by Gasteiger charge is -2.10. The standard InChI is InChI=1S/C12H11NO6/c1-18-8-3-6(4-9(19-2)11(8)15)7(5-13)10(14)12(16)17/h3-4,14-15H,1-2H3,(H,16,17). The molecule has 0 radical (unpaired) electrons. The maximum atomic E-state index is 10.7. The summed E-state index contributed by atoms with van der Waals surface area (Å²) < 4.78 is 9.74. The molecule has 0 heterocycles. The Kier molecular flexibility index (Phi) is 4.21. The van der Waals surface area contributed by atoms with Gasteiger partial charge in [-0.3, -0.25) is 0 Å². The number of phenols is 1. The zero-order chi connectivity index (χ0) is 14.6. The van der Waals surface area contributed by atoms with Crippen molar-refractivity contribution in [3.63, 3.8) is 0 Å². The van der Waals surface area contributed by atoms with Crippen LogP contribution in [0.25, 0.3) is 5.57 Å². The predicted molar refractivity (Wildman–Crippen MR) is 64.0 cm³/mol. The van der Waals surface area contributed by atoms with Crippen LogP contribution in [0.15, 0.2) is 17.9 Å². The van der Waals surface area contributed by atoms with E-state index >= 15 is 0 Å². The fourth-order valence-corrected chi connectivity index (χ4v) is 1.40. The van der Waals surface area contributed by atoms with Gasteiger partial charge in [0.05, 0.1) is 14.2 Å². The summed E-state index contributed by atoms with van der Waals surface area (Å²) in [6, 6.07) is 4.01. The molecule has 0 unspecified atom stereocenters. The number of methoxy groups -OCH3 is 2. The number of aliphatic carboxylic acids is 1. The molecule has 0 saturated heterocycles. The van der Waals surface area contributed by atoms with Crippen molar-refractivity contribution in [2.45, 2.75) is 0 Å². The minimum atomic E-state index is -1.64. The van der Waals surface area contributed by atoms with Crippen molar-refractivity contribution >= 4 is 11.5 Å². The molecule has 0 bridgehead atoms. The van der Waals surface area contributed by atoms with Crippen LogP contribution in [0.2, 0.25) is 0 Å². The van der Waals surface area contributed by atoms with Gasteiger partial charge in [-0.25, -0.2) is 4.79 Å². The third-order valence-electron chi connectivity index (χ3n) is 2.32. The van der Waals surface area contributed by atoms with Gasteiger partial charge in [0.25, 0.3) is 0 Å². The molecular formula is C12H11NO6. The summed E-state index contributed by atoms with van der Waals surface area (Å²) in [5, 5.41) is 36.6. The number of phenolic OH excluding ortho intramolecular Hbond substituents is 1. The second-order valence-corrected chi connectivity index (χ2v) is 3.37. The van der Waals surface area contributed by atoms with E-state index in [-0.39, 0.29) is 22.8 Å². The number of carboxylic acid groups (broad SMARTS) is 1. The van der Waals surface area contributed by atoms with Crippen LogP contribution in [-0.2, 0) is 4.79 Å². The molecule has 7 heteroatoms. The fourth-order valence-electron chi connectivity index (χ4n) is 1.40. The first-order chi connectivity index (χ1) is 8.96. The number of aromatic hydroxyl groups is 1. The van der Waals surface area contributed by atoms with Gasteiger partial charge in [0, 0.05) is 5.56 Å². The number of rotatable bonds is 4. The van der Waals surface area contributed by atoms with Gasteiger partial charge in [-0.05, 0) is 12.1 Å². The molecule has 0 aliphatic heterocycles. The van der Waals surface area contributed by atoms with E-state index in [2.05, 4.69) is 0 Å². The van der Waals surface area contributed by atoms with Crippen LogP contribution in [0.5, 0.6) is 17.2 Å². The van der Waals surface area contributed by atoms with Crippen molar-refractivity contribution < 1.29 is 29.6 Å². The number of nitrogens with zero attached hydrogens (tertiary/aromatic N) is 1. The van der Waals surface area contributed by atoms with Crippen LogP contribution < -0.4 is 9.47 Å². The molecule has 0 aromatic heterocycles. The smallest absolute Gasteiger partial charge is 0.372 e. The van der Waals surface area contributed by atoms with Gasteiger partial charge in [-0.2, -0.15) is 5.26 Å². The molecule has 0 saturated carbocycles. The third-order valence-corrected chi connectivity index (χ3v) is 2.32. The lowest BCUT2D eigenvalue weighted by Crippen LogP contribution is -2.03. The van der Waals surface area contributed by atoms with E-state index in [9.17, 15) is 15.0 Å².